The Labute approximate surface area is 165 Å². The molecule has 4 rings (SSSR count). The molecule has 2 bridgehead atoms. The SMILES string of the molecule is CN(C(=O)CC1SC(=NC2CC3C=CC2C3)NC1=O)c1ccc(Br)cc1. The van der Waals surface area contributed by atoms with Gasteiger partial charge in [0.05, 0.1) is 6.04 Å². The van der Waals surface area contributed by atoms with Crippen molar-refractivity contribution in [1.29, 1.82) is 0 Å². The number of hydrogen-bond donors (Lipinski definition) is 1. The molecule has 0 radical (unpaired) electrons. The maximum absolute atomic E-state index is 12.6. The van der Waals surface area contributed by atoms with Crippen molar-refractivity contribution in [2.24, 2.45) is 16.8 Å². The van der Waals surface area contributed by atoms with Gasteiger partial charge in [0.25, 0.3) is 0 Å². The molecule has 0 aromatic heterocycles. The topological polar surface area (TPSA) is 61.8 Å². The fourth-order valence-corrected chi connectivity index (χ4v) is 5.04. The third-order valence-electron chi connectivity index (χ3n) is 5.25. The molecule has 5 nitrogen and oxygen atoms in total. The first kappa shape index (κ1) is 17.8. The minimum atomic E-state index is -0.409. The highest BCUT2D eigenvalue weighted by Crippen LogP contribution is 2.41. The number of nitrogens with one attached hydrogen (secondary N) is 1. The lowest BCUT2D eigenvalue weighted by Crippen LogP contribution is -2.32. The Kier molecular flexibility index (Phi) is 4.92. The van der Waals surface area contributed by atoms with Gasteiger partial charge in [0, 0.05) is 23.6 Å². The van der Waals surface area contributed by atoms with Crippen LogP contribution >= 0.6 is 27.7 Å². The van der Waals surface area contributed by atoms with Gasteiger partial charge in [-0.25, -0.2) is 0 Å². The van der Waals surface area contributed by atoms with Gasteiger partial charge in [-0.3, -0.25) is 14.6 Å². The molecule has 7 heteroatoms. The molecule has 1 aromatic rings. The summed E-state index contributed by atoms with van der Waals surface area (Å²) in [6, 6.07) is 7.81. The second kappa shape index (κ2) is 7.19. The third-order valence-corrected chi connectivity index (χ3v) is 6.88. The van der Waals surface area contributed by atoms with Crippen molar-refractivity contribution >= 4 is 50.4 Å². The van der Waals surface area contributed by atoms with Gasteiger partial charge in [0.1, 0.15) is 5.25 Å². The molecular weight excluding hydrogens is 414 g/mol. The molecule has 1 aliphatic heterocycles. The lowest BCUT2D eigenvalue weighted by molar-refractivity contribution is -0.123. The molecule has 1 aromatic carbocycles. The van der Waals surface area contributed by atoms with E-state index in [1.54, 1.807) is 11.9 Å². The van der Waals surface area contributed by atoms with Gasteiger partial charge >= 0.3 is 0 Å². The summed E-state index contributed by atoms with van der Waals surface area (Å²) in [4.78, 5) is 31.1. The van der Waals surface area contributed by atoms with Crippen LogP contribution in [0.5, 0.6) is 0 Å². The van der Waals surface area contributed by atoms with Crippen LogP contribution in [0.4, 0.5) is 5.69 Å². The summed E-state index contributed by atoms with van der Waals surface area (Å²) < 4.78 is 0.962. The Bertz CT molecular complexity index is 792. The number of rotatable bonds is 4. The summed E-state index contributed by atoms with van der Waals surface area (Å²) in [6.45, 7) is 0. The van der Waals surface area contributed by atoms with Crippen molar-refractivity contribution in [1.82, 2.24) is 5.32 Å². The van der Waals surface area contributed by atoms with E-state index in [1.807, 2.05) is 24.3 Å². The van der Waals surface area contributed by atoms with E-state index in [4.69, 9.17) is 4.99 Å². The highest BCUT2D eigenvalue weighted by molar-refractivity contribution is 9.10. The van der Waals surface area contributed by atoms with Crippen molar-refractivity contribution in [2.45, 2.75) is 30.6 Å². The van der Waals surface area contributed by atoms with E-state index in [1.165, 1.54) is 18.2 Å². The summed E-state index contributed by atoms with van der Waals surface area (Å²) >= 11 is 4.77. The number of hydrogen-bond acceptors (Lipinski definition) is 4. The quantitative estimate of drug-likeness (QED) is 0.740. The van der Waals surface area contributed by atoms with Crippen LogP contribution < -0.4 is 10.2 Å². The molecule has 0 spiro atoms. The smallest absolute Gasteiger partial charge is 0.240 e. The Morgan fingerprint density at radius 2 is 2.08 bits per heavy atom. The zero-order chi connectivity index (χ0) is 18.3. The van der Waals surface area contributed by atoms with Gasteiger partial charge in [-0.1, -0.05) is 39.8 Å². The highest BCUT2D eigenvalue weighted by atomic mass is 79.9. The molecule has 2 amide bonds. The first-order valence-electron chi connectivity index (χ1n) is 8.75. The molecule has 3 aliphatic rings. The van der Waals surface area contributed by atoms with E-state index in [2.05, 4.69) is 33.4 Å². The number of anilines is 1. The largest absolute Gasteiger partial charge is 0.315 e. The van der Waals surface area contributed by atoms with Crippen LogP contribution in [0.1, 0.15) is 19.3 Å². The maximum Gasteiger partial charge on any atom is 0.240 e. The Hall–Kier alpha value is -1.60. The van der Waals surface area contributed by atoms with Crippen molar-refractivity contribution in [2.75, 3.05) is 11.9 Å². The second-order valence-electron chi connectivity index (χ2n) is 7.01. The van der Waals surface area contributed by atoms with Crippen LogP contribution in [0.3, 0.4) is 0 Å². The fourth-order valence-electron chi connectivity index (χ4n) is 3.76. The number of benzene rings is 1. The van der Waals surface area contributed by atoms with Crippen molar-refractivity contribution in [3.63, 3.8) is 0 Å². The molecule has 26 heavy (non-hydrogen) atoms. The number of amidine groups is 1. The van der Waals surface area contributed by atoms with E-state index in [9.17, 15) is 9.59 Å². The van der Waals surface area contributed by atoms with Gasteiger partial charge in [-0.2, -0.15) is 0 Å². The second-order valence-corrected chi connectivity index (χ2v) is 9.12. The fraction of sp³-hybridized carbons (Fsp3) is 0.421. The Morgan fingerprint density at radius 3 is 2.73 bits per heavy atom. The van der Waals surface area contributed by atoms with E-state index in [-0.39, 0.29) is 24.3 Å². The molecule has 1 heterocycles. The normalized spacial score (nSPS) is 30.8. The average molecular weight is 434 g/mol. The van der Waals surface area contributed by atoms with E-state index in [0.29, 0.717) is 17.0 Å². The van der Waals surface area contributed by atoms with Crippen molar-refractivity contribution in [3.8, 4) is 0 Å². The Morgan fingerprint density at radius 1 is 1.31 bits per heavy atom. The molecule has 1 saturated heterocycles. The summed E-state index contributed by atoms with van der Waals surface area (Å²) in [5.74, 6) is 0.955. The van der Waals surface area contributed by atoms with Gasteiger partial charge in [-0.05, 0) is 48.9 Å². The lowest BCUT2D eigenvalue weighted by Gasteiger charge is -2.18. The van der Waals surface area contributed by atoms with Gasteiger partial charge in [-0.15, -0.1) is 0 Å². The van der Waals surface area contributed by atoms with Crippen LogP contribution in [-0.2, 0) is 9.59 Å². The highest BCUT2D eigenvalue weighted by Gasteiger charge is 2.38. The number of thioether (sulfide) groups is 1. The molecule has 2 aliphatic carbocycles. The third kappa shape index (κ3) is 3.60. The number of aliphatic imine (C=N–C) groups is 1. The number of amides is 2. The minimum absolute atomic E-state index is 0.0796. The maximum atomic E-state index is 12.6. The lowest BCUT2D eigenvalue weighted by atomic mass is 10.0. The van der Waals surface area contributed by atoms with Gasteiger partial charge in [0.15, 0.2) is 5.17 Å². The number of allylic oxidation sites excluding steroid dienone is 1. The summed E-state index contributed by atoms with van der Waals surface area (Å²) in [5, 5.41) is 3.12. The monoisotopic (exact) mass is 433 g/mol. The zero-order valence-electron chi connectivity index (χ0n) is 14.4. The molecule has 4 unspecified atom stereocenters. The van der Waals surface area contributed by atoms with Crippen LogP contribution in [0.25, 0.3) is 0 Å². The van der Waals surface area contributed by atoms with Crippen molar-refractivity contribution in [3.05, 3.63) is 40.9 Å². The molecule has 1 saturated carbocycles. The van der Waals surface area contributed by atoms with Crippen LogP contribution in [0.2, 0.25) is 0 Å². The standard InChI is InChI=1S/C19H20BrN3O2S/c1-23(14-6-4-13(20)5-7-14)17(24)10-16-18(25)22-19(26-16)21-15-9-11-2-3-12(15)8-11/h2-7,11-12,15-16H,8-10H2,1H3,(H,21,22,25). The van der Waals surface area contributed by atoms with Gasteiger partial charge in [0.2, 0.25) is 11.8 Å². The van der Waals surface area contributed by atoms with E-state index < -0.39 is 5.25 Å². The zero-order valence-corrected chi connectivity index (χ0v) is 16.8. The predicted molar refractivity (Wildman–Crippen MR) is 108 cm³/mol. The number of carbonyl (C=O) groups is 2. The van der Waals surface area contributed by atoms with E-state index in [0.717, 1.165) is 16.6 Å². The number of fused-ring (bicyclic) bond motifs is 2. The first-order chi connectivity index (χ1) is 12.5. The molecular formula is C19H20BrN3O2S. The molecule has 136 valence electrons. The minimum Gasteiger partial charge on any atom is -0.315 e. The summed E-state index contributed by atoms with van der Waals surface area (Å²) in [7, 11) is 1.74. The molecule has 1 N–H and O–H groups in total. The first-order valence-corrected chi connectivity index (χ1v) is 10.4. The average Bonchev–Trinajstić information content (AvgIpc) is 3.32. The van der Waals surface area contributed by atoms with Crippen LogP contribution in [0.15, 0.2) is 45.9 Å². The van der Waals surface area contributed by atoms with Gasteiger partial charge < -0.3 is 10.2 Å². The molecule has 4 atom stereocenters. The molecule has 2 fully saturated rings. The number of carbonyl (C=O) groups excluding carboxylic acids is 2. The number of halogens is 1. The van der Waals surface area contributed by atoms with E-state index >= 15 is 0 Å². The van der Waals surface area contributed by atoms with Crippen molar-refractivity contribution < 1.29 is 9.59 Å². The van der Waals surface area contributed by atoms with Crippen LogP contribution in [0, 0.1) is 11.8 Å². The summed E-state index contributed by atoms with van der Waals surface area (Å²) in [5.41, 5.74) is 0.810. The summed E-state index contributed by atoms with van der Waals surface area (Å²) in [6.07, 6.45) is 6.94. The number of nitrogens with zero attached hydrogens (tertiary/aromatic N) is 2. The predicted octanol–water partition coefficient (Wildman–Crippen LogP) is 3.35. The Balaban J connectivity index is 1.37. The van der Waals surface area contributed by atoms with Crippen LogP contribution in [-0.4, -0.2) is 35.3 Å².